The van der Waals surface area contributed by atoms with Crippen molar-refractivity contribution in [2.75, 3.05) is 0 Å². The number of halogens is 1. The van der Waals surface area contributed by atoms with E-state index in [0.717, 1.165) is 5.56 Å². The van der Waals surface area contributed by atoms with Crippen molar-refractivity contribution < 1.29 is 5.11 Å². The Labute approximate surface area is 149 Å². The number of hydrogen-bond acceptors (Lipinski definition) is 4. The molecule has 0 aliphatic carbocycles. The average Bonchev–Trinajstić information content (AvgIpc) is 2.57. The molecule has 0 bridgehead atoms. The average molecular weight is 354 g/mol. The Bertz CT molecular complexity index is 991. The van der Waals surface area contributed by atoms with Gasteiger partial charge in [0.1, 0.15) is 11.6 Å². The third-order valence-electron chi connectivity index (χ3n) is 3.73. The largest absolute Gasteiger partial charge is 0.507 e. The van der Waals surface area contributed by atoms with Crippen molar-refractivity contribution in [2.24, 2.45) is 0 Å². The van der Waals surface area contributed by atoms with E-state index in [0.29, 0.717) is 27.8 Å². The highest BCUT2D eigenvalue weighted by Gasteiger charge is 2.14. The number of hydrogen-bond donors (Lipinski definition) is 1. The third-order valence-corrected chi connectivity index (χ3v) is 4.03. The van der Waals surface area contributed by atoms with Crippen LogP contribution in [-0.4, -0.2) is 19.6 Å². The lowest BCUT2D eigenvalue weighted by atomic mass is 10.1. The summed E-state index contributed by atoms with van der Waals surface area (Å²) < 4.78 is 1.40. The lowest BCUT2D eigenvalue weighted by molar-refractivity contribution is 0.515. The quantitative estimate of drug-likeness (QED) is 0.724. The molecule has 25 heavy (non-hydrogen) atoms. The summed E-state index contributed by atoms with van der Waals surface area (Å²) in [5.74, 6) is 0.286. The molecule has 0 radical (unpaired) electrons. The fourth-order valence-corrected chi connectivity index (χ4v) is 2.88. The van der Waals surface area contributed by atoms with E-state index < -0.39 is 0 Å². The number of pyridine rings is 1. The molecule has 2 aromatic heterocycles. The third kappa shape index (κ3) is 3.46. The van der Waals surface area contributed by atoms with Crippen LogP contribution in [0.15, 0.2) is 53.6 Å². The summed E-state index contributed by atoms with van der Waals surface area (Å²) in [5, 5.41) is 10.8. The summed E-state index contributed by atoms with van der Waals surface area (Å²) in [6.07, 6.45) is 4.61. The van der Waals surface area contributed by atoms with E-state index in [9.17, 15) is 9.90 Å². The first kappa shape index (κ1) is 16.9. The molecule has 0 aliphatic rings. The molecule has 3 rings (SSSR count). The molecule has 1 N–H and O–H groups in total. The van der Waals surface area contributed by atoms with Gasteiger partial charge in [-0.15, -0.1) is 0 Å². The molecule has 2 heterocycles. The van der Waals surface area contributed by atoms with Crippen LogP contribution in [0.5, 0.6) is 0 Å². The van der Waals surface area contributed by atoms with Gasteiger partial charge in [-0.3, -0.25) is 14.3 Å². The molecular weight excluding hydrogens is 338 g/mol. The van der Waals surface area contributed by atoms with Gasteiger partial charge >= 0.3 is 0 Å². The second kappa shape index (κ2) is 6.91. The highest BCUT2D eigenvalue weighted by molar-refractivity contribution is 6.32. The summed E-state index contributed by atoms with van der Waals surface area (Å²) in [4.78, 5) is 21.0. The molecule has 5 nitrogen and oxygen atoms in total. The van der Waals surface area contributed by atoms with Crippen LogP contribution >= 0.6 is 11.6 Å². The molecule has 3 aromatic rings. The van der Waals surface area contributed by atoms with Gasteiger partial charge < -0.3 is 5.11 Å². The SMILES string of the molecule is Cc1cc(=O)n(-c2c(C)cccc2Cl)c(/C=C(\O)c2ccncc2)n1. The Morgan fingerprint density at radius 1 is 1.20 bits per heavy atom. The molecule has 0 fully saturated rings. The van der Waals surface area contributed by atoms with Crippen molar-refractivity contribution in [3.05, 3.63) is 86.8 Å². The Hall–Kier alpha value is -2.92. The summed E-state index contributed by atoms with van der Waals surface area (Å²) in [7, 11) is 0. The zero-order valence-corrected chi connectivity index (χ0v) is 14.5. The van der Waals surface area contributed by atoms with Crippen LogP contribution in [0, 0.1) is 13.8 Å². The number of aliphatic hydroxyl groups excluding tert-OH is 1. The van der Waals surface area contributed by atoms with Gasteiger partial charge in [0, 0.05) is 35.8 Å². The predicted octanol–water partition coefficient (Wildman–Crippen LogP) is 3.95. The molecule has 0 saturated heterocycles. The van der Waals surface area contributed by atoms with Crippen molar-refractivity contribution >= 4 is 23.4 Å². The first-order valence-electron chi connectivity index (χ1n) is 7.64. The van der Waals surface area contributed by atoms with Crippen molar-refractivity contribution in [1.82, 2.24) is 14.5 Å². The van der Waals surface area contributed by atoms with E-state index in [1.54, 1.807) is 37.5 Å². The molecule has 0 unspecified atom stereocenters. The van der Waals surface area contributed by atoms with Crippen molar-refractivity contribution in [3.8, 4) is 5.69 Å². The van der Waals surface area contributed by atoms with Gasteiger partial charge in [-0.2, -0.15) is 0 Å². The number of nitrogens with zero attached hydrogens (tertiary/aromatic N) is 3. The maximum Gasteiger partial charge on any atom is 0.258 e. The lowest BCUT2D eigenvalue weighted by Crippen LogP contribution is -2.23. The summed E-state index contributed by atoms with van der Waals surface area (Å²) in [5.41, 5.74) is 2.25. The smallest absolute Gasteiger partial charge is 0.258 e. The fraction of sp³-hybridized carbons (Fsp3) is 0.105. The van der Waals surface area contributed by atoms with E-state index in [4.69, 9.17) is 11.6 Å². The van der Waals surface area contributed by atoms with Gasteiger partial charge in [0.2, 0.25) is 0 Å². The van der Waals surface area contributed by atoms with Crippen molar-refractivity contribution in [1.29, 1.82) is 0 Å². The predicted molar refractivity (Wildman–Crippen MR) is 99.1 cm³/mol. The normalized spacial score (nSPS) is 11.6. The van der Waals surface area contributed by atoms with Crippen LogP contribution in [0.2, 0.25) is 5.02 Å². The van der Waals surface area contributed by atoms with Gasteiger partial charge in [0.25, 0.3) is 5.56 Å². The first-order chi connectivity index (χ1) is 12.0. The molecule has 0 amide bonds. The van der Waals surface area contributed by atoms with E-state index in [1.807, 2.05) is 19.1 Å². The van der Waals surface area contributed by atoms with Crippen molar-refractivity contribution in [3.63, 3.8) is 0 Å². The highest BCUT2D eigenvalue weighted by atomic mass is 35.5. The Balaban J connectivity index is 2.26. The number of rotatable bonds is 3. The minimum Gasteiger partial charge on any atom is -0.507 e. The van der Waals surface area contributed by atoms with Crippen LogP contribution < -0.4 is 5.56 Å². The molecular formula is C19H16ClN3O2. The van der Waals surface area contributed by atoms with E-state index in [1.165, 1.54) is 16.7 Å². The van der Waals surface area contributed by atoms with Gasteiger partial charge in [-0.1, -0.05) is 23.7 Å². The summed E-state index contributed by atoms with van der Waals surface area (Å²) in [6, 6.07) is 10.2. The Morgan fingerprint density at radius 2 is 1.92 bits per heavy atom. The first-order valence-corrected chi connectivity index (χ1v) is 8.02. The number of aryl methyl sites for hydroxylation is 2. The van der Waals surface area contributed by atoms with Crippen LogP contribution in [0.25, 0.3) is 17.5 Å². The zero-order chi connectivity index (χ0) is 18.0. The minimum atomic E-state index is -0.266. The Kier molecular flexibility index (Phi) is 4.67. The second-order valence-electron chi connectivity index (χ2n) is 5.60. The number of para-hydroxylation sites is 1. The monoisotopic (exact) mass is 353 g/mol. The summed E-state index contributed by atoms with van der Waals surface area (Å²) in [6.45, 7) is 3.59. The zero-order valence-electron chi connectivity index (χ0n) is 13.8. The van der Waals surface area contributed by atoms with Crippen LogP contribution in [0.4, 0.5) is 0 Å². The molecule has 1 aromatic carbocycles. The van der Waals surface area contributed by atoms with E-state index >= 15 is 0 Å². The number of benzene rings is 1. The van der Waals surface area contributed by atoms with Gasteiger partial charge in [0.05, 0.1) is 10.7 Å². The standard InChI is InChI=1S/C19H16ClN3O2/c1-12-4-3-5-15(20)19(12)23-17(22-13(2)10-18(23)25)11-16(24)14-6-8-21-9-7-14/h3-11,24H,1-2H3/b16-11-. The second-order valence-corrected chi connectivity index (χ2v) is 6.01. The molecule has 6 heteroatoms. The molecule has 126 valence electrons. The van der Waals surface area contributed by atoms with Gasteiger partial charge in [-0.05, 0) is 37.6 Å². The minimum absolute atomic E-state index is 0.0154. The maximum absolute atomic E-state index is 12.6. The highest BCUT2D eigenvalue weighted by Crippen LogP contribution is 2.25. The van der Waals surface area contributed by atoms with Crippen LogP contribution in [-0.2, 0) is 0 Å². The number of aromatic nitrogens is 3. The van der Waals surface area contributed by atoms with Gasteiger partial charge in [-0.25, -0.2) is 4.98 Å². The maximum atomic E-state index is 12.6. The Morgan fingerprint density at radius 3 is 2.60 bits per heavy atom. The molecule has 0 saturated carbocycles. The molecule has 0 aliphatic heterocycles. The van der Waals surface area contributed by atoms with Crippen LogP contribution in [0.1, 0.15) is 22.6 Å². The van der Waals surface area contributed by atoms with Crippen molar-refractivity contribution in [2.45, 2.75) is 13.8 Å². The topological polar surface area (TPSA) is 68.0 Å². The lowest BCUT2D eigenvalue weighted by Gasteiger charge is -2.14. The molecule has 0 atom stereocenters. The van der Waals surface area contributed by atoms with Crippen LogP contribution in [0.3, 0.4) is 0 Å². The number of aliphatic hydroxyl groups is 1. The summed E-state index contributed by atoms with van der Waals surface area (Å²) >= 11 is 6.32. The van der Waals surface area contributed by atoms with E-state index in [-0.39, 0.29) is 11.3 Å². The molecule has 0 spiro atoms. The van der Waals surface area contributed by atoms with E-state index in [2.05, 4.69) is 9.97 Å². The van der Waals surface area contributed by atoms with Gasteiger partial charge in [0.15, 0.2) is 0 Å². The fourth-order valence-electron chi connectivity index (χ4n) is 2.58.